The van der Waals surface area contributed by atoms with Crippen molar-refractivity contribution in [1.82, 2.24) is 0 Å². The van der Waals surface area contributed by atoms with Gasteiger partial charge in [-0.1, -0.05) is 48.5 Å². The highest BCUT2D eigenvalue weighted by Gasteiger charge is 2.07. The van der Waals surface area contributed by atoms with Crippen molar-refractivity contribution in [2.75, 3.05) is 12.4 Å². The summed E-state index contributed by atoms with van der Waals surface area (Å²) in [6.07, 6.45) is 3.26. The molecule has 0 spiro atoms. The van der Waals surface area contributed by atoms with Gasteiger partial charge in [-0.05, 0) is 60.4 Å². The molecule has 3 aromatic rings. The van der Waals surface area contributed by atoms with Crippen LogP contribution in [0.25, 0.3) is 6.08 Å². The van der Waals surface area contributed by atoms with Gasteiger partial charge in [0.2, 0.25) is 5.91 Å². The summed E-state index contributed by atoms with van der Waals surface area (Å²) in [6.45, 7) is 4.49. The van der Waals surface area contributed by atoms with Crippen LogP contribution in [0, 0.1) is 13.8 Å². The lowest BCUT2D eigenvalue weighted by molar-refractivity contribution is -0.111. The van der Waals surface area contributed by atoms with Gasteiger partial charge in [0.05, 0.1) is 7.11 Å². The van der Waals surface area contributed by atoms with E-state index in [0.717, 1.165) is 22.4 Å². The van der Waals surface area contributed by atoms with Crippen LogP contribution in [-0.4, -0.2) is 13.0 Å². The molecule has 0 atom stereocenters. The Morgan fingerprint density at radius 2 is 1.66 bits per heavy atom. The third-order valence-corrected chi connectivity index (χ3v) is 4.66. The number of aryl methyl sites for hydroxylation is 2. The third kappa shape index (κ3) is 5.48. The molecule has 29 heavy (non-hydrogen) atoms. The minimum absolute atomic E-state index is 0.182. The van der Waals surface area contributed by atoms with Crippen molar-refractivity contribution in [2.45, 2.75) is 20.5 Å². The summed E-state index contributed by atoms with van der Waals surface area (Å²) in [5, 5.41) is 2.88. The molecule has 0 heterocycles. The van der Waals surface area contributed by atoms with Crippen molar-refractivity contribution >= 4 is 17.7 Å². The highest BCUT2D eigenvalue weighted by molar-refractivity contribution is 6.02. The van der Waals surface area contributed by atoms with E-state index in [1.165, 1.54) is 11.6 Å². The van der Waals surface area contributed by atoms with Crippen molar-refractivity contribution in [3.05, 3.63) is 95.1 Å². The number of rotatable bonds is 7. The monoisotopic (exact) mass is 387 g/mol. The number of amides is 1. The Hall–Kier alpha value is -3.53. The topological polar surface area (TPSA) is 47.6 Å². The number of nitrogens with one attached hydrogen (secondary N) is 1. The van der Waals surface area contributed by atoms with E-state index in [4.69, 9.17) is 9.47 Å². The van der Waals surface area contributed by atoms with Gasteiger partial charge in [0, 0.05) is 11.8 Å². The van der Waals surface area contributed by atoms with Crippen molar-refractivity contribution < 1.29 is 14.3 Å². The van der Waals surface area contributed by atoms with E-state index < -0.39 is 0 Å². The predicted molar refractivity (Wildman–Crippen MR) is 117 cm³/mol. The van der Waals surface area contributed by atoms with Gasteiger partial charge >= 0.3 is 0 Å². The molecule has 0 aliphatic carbocycles. The van der Waals surface area contributed by atoms with E-state index in [9.17, 15) is 4.79 Å². The summed E-state index contributed by atoms with van der Waals surface area (Å²) in [6, 6.07) is 21.4. The minimum Gasteiger partial charge on any atom is -0.493 e. The second-order valence-electron chi connectivity index (χ2n) is 6.76. The molecule has 3 rings (SSSR count). The first kappa shape index (κ1) is 20.2. The number of hydrogen-bond acceptors (Lipinski definition) is 3. The average molecular weight is 387 g/mol. The van der Waals surface area contributed by atoms with Gasteiger partial charge in [0.15, 0.2) is 11.5 Å². The van der Waals surface area contributed by atoms with Gasteiger partial charge in [0.1, 0.15) is 6.61 Å². The van der Waals surface area contributed by atoms with Crippen LogP contribution >= 0.6 is 0 Å². The number of carbonyl (C=O) groups excluding carboxylic acids is 1. The van der Waals surface area contributed by atoms with Gasteiger partial charge in [-0.2, -0.15) is 0 Å². The van der Waals surface area contributed by atoms with E-state index in [2.05, 4.69) is 18.3 Å². The number of methoxy groups -OCH3 is 1. The maximum atomic E-state index is 12.2. The predicted octanol–water partition coefficient (Wildman–Crippen LogP) is 5.54. The van der Waals surface area contributed by atoms with Crippen LogP contribution in [-0.2, 0) is 11.4 Å². The summed E-state index contributed by atoms with van der Waals surface area (Å²) in [5.41, 5.74) is 4.99. The summed E-state index contributed by atoms with van der Waals surface area (Å²) < 4.78 is 11.4. The van der Waals surface area contributed by atoms with Crippen molar-refractivity contribution in [2.24, 2.45) is 0 Å². The van der Waals surface area contributed by atoms with Gasteiger partial charge in [-0.3, -0.25) is 4.79 Å². The largest absolute Gasteiger partial charge is 0.493 e. The molecule has 3 aromatic carbocycles. The van der Waals surface area contributed by atoms with Crippen LogP contribution in [0.4, 0.5) is 5.69 Å². The summed E-state index contributed by atoms with van der Waals surface area (Å²) in [4.78, 5) is 12.2. The molecular formula is C25H25NO3. The Labute approximate surface area is 171 Å². The molecule has 1 N–H and O–H groups in total. The first-order valence-electron chi connectivity index (χ1n) is 9.47. The van der Waals surface area contributed by atoms with E-state index in [0.29, 0.717) is 18.1 Å². The molecule has 0 saturated heterocycles. The zero-order valence-corrected chi connectivity index (χ0v) is 16.9. The lowest BCUT2D eigenvalue weighted by atomic mass is 10.1. The summed E-state index contributed by atoms with van der Waals surface area (Å²) >= 11 is 0. The minimum atomic E-state index is -0.182. The Balaban J connectivity index is 1.66. The van der Waals surface area contributed by atoms with E-state index in [1.54, 1.807) is 13.2 Å². The third-order valence-electron chi connectivity index (χ3n) is 4.66. The molecule has 0 aliphatic rings. The Morgan fingerprint density at radius 1 is 0.931 bits per heavy atom. The second kappa shape index (κ2) is 9.60. The number of hydrogen-bond donors (Lipinski definition) is 1. The fourth-order valence-electron chi connectivity index (χ4n) is 2.89. The van der Waals surface area contributed by atoms with E-state index in [-0.39, 0.29) is 5.91 Å². The molecule has 0 aromatic heterocycles. The number of benzene rings is 3. The van der Waals surface area contributed by atoms with Crippen LogP contribution in [0.1, 0.15) is 22.3 Å². The smallest absolute Gasteiger partial charge is 0.248 e. The van der Waals surface area contributed by atoms with Crippen LogP contribution in [0.3, 0.4) is 0 Å². The standard InChI is InChI=1S/C25H25NO3/c1-18-8-4-6-10-21(18)17-29-23-14-12-20(16-24(23)28-3)13-15-25(27)26-22-11-7-5-9-19(22)2/h4-16H,17H2,1-3H3,(H,26,27)/b15-13+. The molecule has 4 nitrogen and oxygen atoms in total. The van der Waals surface area contributed by atoms with E-state index >= 15 is 0 Å². The Bertz CT molecular complexity index is 1020. The molecule has 0 fully saturated rings. The summed E-state index contributed by atoms with van der Waals surface area (Å²) in [5.74, 6) is 1.11. The lowest BCUT2D eigenvalue weighted by Crippen LogP contribution is -2.08. The van der Waals surface area contributed by atoms with Gasteiger partial charge < -0.3 is 14.8 Å². The first-order valence-corrected chi connectivity index (χ1v) is 9.47. The number of anilines is 1. The molecule has 1 amide bonds. The molecule has 0 aliphatic heterocycles. The average Bonchev–Trinajstić information content (AvgIpc) is 2.73. The Kier molecular flexibility index (Phi) is 6.69. The van der Waals surface area contributed by atoms with Crippen LogP contribution in [0.15, 0.2) is 72.8 Å². The number of ether oxygens (including phenoxy) is 2. The normalized spacial score (nSPS) is 10.7. The second-order valence-corrected chi connectivity index (χ2v) is 6.76. The van der Waals surface area contributed by atoms with Crippen LogP contribution in [0.5, 0.6) is 11.5 Å². The molecule has 0 unspecified atom stereocenters. The SMILES string of the molecule is COc1cc(/C=C/C(=O)Nc2ccccc2C)ccc1OCc1ccccc1C. The lowest BCUT2D eigenvalue weighted by Gasteiger charge is -2.12. The van der Waals surface area contributed by atoms with Gasteiger partial charge in [-0.15, -0.1) is 0 Å². The summed E-state index contributed by atoms with van der Waals surface area (Å²) in [7, 11) is 1.61. The molecular weight excluding hydrogens is 362 g/mol. The molecule has 0 radical (unpaired) electrons. The Morgan fingerprint density at radius 3 is 2.38 bits per heavy atom. The maximum Gasteiger partial charge on any atom is 0.248 e. The van der Waals surface area contributed by atoms with Gasteiger partial charge in [0.25, 0.3) is 0 Å². The fourth-order valence-corrected chi connectivity index (χ4v) is 2.89. The zero-order valence-electron chi connectivity index (χ0n) is 16.9. The highest BCUT2D eigenvalue weighted by Crippen LogP contribution is 2.29. The number of carbonyl (C=O) groups is 1. The van der Waals surface area contributed by atoms with Crippen LogP contribution in [0.2, 0.25) is 0 Å². The molecule has 0 saturated carbocycles. The quantitative estimate of drug-likeness (QED) is 0.541. The first-order chi connectivity index (χ1) is 14.1. The van der Waals surface area contributed by atoms with Crippen molar-refractivity contribution in [3.63, 3.8) is 0 Å². The molecule has 148 valence electrons. The maximum absolute atomic E-state index is 12.2. The van der Waals surface area contributed by atoms with E-state index in [1.807, 2.05) is 67.6 Å². The molecule has 4 heteroatoms. The van der Waals surface area contributed by atoms with Gasteiger partial charge in [-0.25, -0.2) is 0 Å². The highest BCUT2D eigenvalue weighted by atomic mass is 16.5. The van der Waals surface area contributed by atoms with Crippen molar-refractivity contribution in [3.8, 4) is 11.5 Å². The van der Waals surface area contributed by atoms with Crippen LogP contribution < -0.4 is 14.8 Å². The molecule has 0 bridgehead atoms. The fraction of sp³-hybridized carbons (Fsp3) is 0.160. The van der Waals surface area contributed by atoms with Crippen molar-refractivity contribution in [1.29, 1.82) is 0 Å². The zero-order chi connectivity index (χ0) is 20.6. The number of para-hydroxylation sites is 1.